The third-order valence-electron chi connectivity index (χ3n) is 7.00. The summed E-state index contributed by atoms with van der Waals surface area (Å²) < 4.78 is 16.8. The molecule has 4 aromatic carbocycles. The molecule has 4 aromatic rings. The van der Waals surface area contributed by atoms with Crippen molar-refractivity contribution >= 4 is 35.3 Å². The van der Waals surface area contributed by atoms with E-state index in [2.05, 4.69) is 5.32 Å². The minimum Gasteiger partial charge on any atom is -0.496 e. The Balaban J connectivity index is 1.24. The van der Waals surface area contributed by atoms with Gasteiger partial charge in [0.25, 0.3) is 0 Å². The molecule has 0 fully saturated rings. The Labute approximate surface area is 247 Å². The Bertz CT molecular complexity index is 1540. The molecule has 0 spiro atoms. The number of alkyl carbamates (subject to hydrolysis) is 1. The van der Waals surface area contributed by atoms with Gasteiger partial charge in [0.05, 0.1) is 12.1 Å². The van der Waals surface area contributed by atoms with Crippen LogP contribution >= 0.6 is 23.2 Å². The number of amides is 1. The summed E-state index contributed by atoms with van der Waals surface area (Å²) in [6, 6.07) is 25.0. The first-order valence-corrected chi connectivity index (χ1v) is 13.7. The lowest BCUT2D eigenvalue weighted by Crippen LogP contribution is -2.42. The first kappa shape index (κ1) is 28.3. The Morgan fingerprint density at radius 3 is 2.20 bits per heavy atom. The molecule has 7 nitrogen and oxygen atoms in total. The van der Waals surface area contributed by atoms with Crippen LogP contribution in [0, 0.1) is 0 Å². The van der Waals surface area contributed by atoms with Crippen molar-refractivity contribution in [3.8, 4) is 22.6 Å². The van der Waals surface area contributed by atoms with E-state index in [1.165, 1.54) is 7.11 Å². The summed E-state index contributed by atoms with van der Waals surface area (Å²) in [6.45, 7) is 0.208. The van der Waals surface area contributed by atoms with E-state index in [0.717, 1.165) is 22.3 Å². The molecule has 5 rings (SSSR count). The number of fused-ring (bicyclic) bond motifs is 3. The van der Waals surface area contributed by atoms with Crippen LogP contribution in [0.25, 0.3) is 11.1 Å². The van der Waals surface area contributed by atoms with E-state index in [4.69, 9.17) is 37.4 Å². The van der Waals surface area contributed by atoms with E-state index in [0.29, 0.717) is 32.7 Å². The average Bonchev–Trinajstić information content (AvgIpc) is 3.29. The van der Waals surface area contributed by atoms with Crippen LogP contribution < -0.4 is 14.8 Å². The lowest BCUT2D eigenvalue weighted by atomic mass is 9.98. The van der Waals surface area contributed by atoms with Crippen molar-refractivity contribution in [3.63, 3.8) is 0 Å². The molecule has 41 heavy (non-hydrogen) atoms. The fraction of sp³-hybridized carbons (Fsp3) is 0.188. The van der Waals surface area contributed by atoms with Crippen LogP contribution in [0.3, 0.4) is 0 Å². The lowest BCUT2D eigenvalue weighted by Gasteiger charge is -2.18. The topological polar surface area (TPSA) is 94.1 Å². The molecule has 9 heteroatoms. The Morgan fingerprint density at radius 2 is 1.56 bits per heavy atom. The van der Waals surface area contributed by atoms with E-state index in [-0.39, 0.29) is 25.6 Å². The van der Waals surface area contributed by atoms with Crippen LogP contribution in [0.4, 0.5) is 4.79 Å². The number of hydrogen-bond acceptors (Lipinski definition) is 5. The molecule has 1 unspecified atom stereocenters. The summed E-state index contributed by atoms with van der Waals surface area (Å²) in [5.41, 5.74) is 5.71. The highest BCUT2D eigenvalue weighted by Crippen LogP contribution is 2.44. The van der Waals surface area contributed by atoms with Crippen molar-refractivity contribution in [3.05, 3.63) is 117 Å². The van der Waals surface area contributed by atoms with Crippen molar-refractivity contribution in [2.45, 2.75) is 25.0 Å². The van der Waals surface area contributed by atoms with Gasteiger partial charge in [-0.1, -0.05) is 77.8 Å². The van der Waals surface area contributed by atoms with Gasteiger partial charge in [-0.25, -0.2) is 9.59 Å². The van der Waals surface area contributed by atoms with Gasteiger partial charge in [-0.15, -0.1) is 0 Å². The van der Waals surface area contributed by atoms with Gasteiger partial charge < -0.3 is 24.6 Å². The summed E-state index contributed by atoms with van der Waals surface area (Å²) in [6.07, 6.45) is -0.771. The molecule has 0 saturated heterocycles. The zero-order valence-electron chi connectivity index (χ0n) is 22.1. The number of rotatable bonds is 10. The second-order valence-electron chi connectivity index (χ2n) is 9.57. The minimum absolute atomic E-state index is 0.0260. The highest BCUT2D eigenvalue weighted by molar-refractivity contribution is 6.35. The van der Waals surface area contributed by atoms with E-state index in [1.54, 1.807) is 36.4 Å². The fourth-order valence-corrected chi connectivity index (χ4v) is 5.50. The molecule has 0 heterocycles. The smallest absolute Gasteiger partial charge is 0.407 e. The summed E-state index contributed by atoms with van der Waals surface area (Å²) in [4.78, 5) is 24.8. The van der Waals surface area contributed by atoms with Gasteiger partial charge in [-0.05, 0) is 58.1 Å². The predicted molar refractivity (Wildman–Crippen MR) is 157 cm³/mol. The van der Waals surface area contributed by atoms with E-state index in [9.17, 15) is 14.7 Å². The maximum Gasteiger partial charge on any atom is 0.407 e. The first-order chi connectivity index (χ1) is 19.8. The largest absolute Gasteiger partial charge is 0.496 e. The molecule has 1 aliphatic rings. The summed E-state index contributed by atoms with van der Waals surface area (Å²) >= 11 is 12.2. The number of carboxylic acids is 1. The number of carbonyl (C=O) groups is 2. The van der Waals surface area contributed by atoms with Crippen molar-refractivity contribution in [1.82, 2.24) is 5.32 Å². The third kappa shape index (κ3) is 6.42. The van der Waals surface area contributed by atoms with E-state index >= 15 is 0 Å². The molecule has 0 aromatic heterocycles. The maximum atomic E-state index is 12.8. The molecule has 1 aliphatic carbocycles. The van der Waals surface area contributed by atoms with Gasteiger partial charge in [-0.3, -0.25) is 0 Å². The summed E-state index contributed by atoms with van der Waals surface area (Å²) in [5.74, 6) is -0.297. The van der Waals surface area contributed by atoms with Crippen LogP contribution in [0.15, 0.2) is 84.9 Å². The normalized spacial score (nSPS) is 12.7. The SMILES string of the molecule is COc1ccc(CC(NC(=O)OCC2c3ccccc3-c3ccccc32)C(=O)O)cc1COc1ccc(Cl)cc1Cl. The molecule has 1 atom stereocenters. The van der Waals surface area contributed by atoms with Crippen LogP contribution in [0.2, 0.25) is 10.0 Å². The molecule has 0 saturated carbocycles. The standard InChI is InChI=1S/C32H27Cl2NO6/c1-39-29-12-10-19(14-20(29)17-40-30-13-11-21(33)16-27(30)34)15-28(31(36)37)35-32(38)41-18-26-24-8-4-2-6-22(24)23-7-3-5-9-25(23)26/h2-14,16,26,28H,15,17-18H2,1H3,(H,35,38)(H,36,37). The first-order valence-electron chi connectivity index (χ1n) is 12.9. The van der Waals surface area contributed by atoms with Gasteiger partial charge in [0.15, 0.2) is 0 Å². The van der Waals surface area contributed by atoms with Crippen LogP contribution in [-0.4, -0.2) is 36.9 Å². The average molecular weight is 592 g/mol. The number of hydrogen-bond donors (Lipinski definition) is 2. The third-order valence-corrected chi connectivity index (χ3v) is 7.53. The molecule has 0 radical (unpaired) electrons. The predicted octanol–water partition coefficient (Wildman–Crippen LogP) is 7.12. The number of methoxy groups -OCH3 is 1. The zero-order valence-corrected chi connectivity index (χ0v) is 23.6. The molecule has 0 bridgehead atoms. The Hall–Kier alpha value is -4.20. The van der Waals surface area contributed by atoms with Gasteiger partial charge in [0.2, 0.25) is 0 Å². The second-order valence-corrected chi connectivity index (χ2v) is 10.4. The molecule has 0 aliphatic heterocycles. The van der Waals surface area contributed by atoms with Crippen LogP contribution in [-0.2, 0) is 22.6 Å². The number of ether oxygens (including phenoxy) is 3. The van der Waals surface area contributed by atoms with Crippen LogP contribution in [0.5, 0.6) is 11.5 Å². The van der Waals surface area contributed by atoms with Crippen molar-refractivity contribution in [2.24, 2.45) is 0 Å². The highest BCUT2D eigenvalue weighted by atomic mass is 35.5. The molecular weight excluding hydrogens is 565 g/mol. The molecule has 210 valence electrons. The quantitative estimate of drug-likeness (QED) is 0.204. The van der Waals surface area contributed by atoms with Crippen LogP contribution in [0.1, 0.15) is 28.2 Å². The number of carbonyl (C=O) groups excluding carboxylic acids is 1. The van der Waals surface area contributed by atoms with Gasteiger partial charge in [0, 0.05) is 22.9 Å². The second kappa shape index (κ2) is 12.5. The molecular formula is C32H27Cl2NO6. The lowest BCUT2D eigenvalue weighted by molar-refractivity contribution is -0.139. The van der Waals surface area contributed by atoms with Gasteiger partial charge in [0.1, 0.15) is 30.8 Å². The number of aliphatic carboxylic acids is 1. The van der Waals surface area contributed by atoms with Crippen molar-refractivity contribution in [1.29, 1.82) is 0 Å². The van der Waals surface area contributed by atoms with Crippen molar-refractivity contribution < 1.29 is 28.9 Å². The Morgan fingerprint density at radius 1 is 0.902 bits per heavy atom. The fourth-order valence-electron chi connectivity index (χ4n) is 5.04. The number of benzene rings is 4. The van der Waals surface area contributed by atoms with E-state index in [1.807, 2.05) is 48.5 Å². The Kier molecular flexibility index (Phi) is 8.67. The van der Waals surface area contributed by atoms with Gasteiger partial charge in [-0.2, -0.15) is 0 Å². The molecule has 2 N–H and O–H groups in total. The zero-order chi connectivity index (χ0) is 28.9. The minimum atomic E-state index is -1.21. The maximum absolute atomic E-state index is 12.8. The number of halogens is 2. The number of nitrogens with one attached hydrogen (secondary N) is 1. The summed E-state index contributed by atoms with van der Waals surface area (Å²) in [7, 11) is 1.53. The monoisotopic (exact) mass is 591 g/mol. The molecule has 1 amide bonds. The summed E-state index contributed by atoms with van der Waals surface area (Å²) in [5, 5.41) is 13.2. The number of carboxylic acid groups (broad SMARTS) is 1. The van der Waals surface area contributed by atoms with Crippen molar-refractivity contribution in [2.75, 3.05) is 13.7 Å². The van der Waals surface area contributed by atoms with Gasteiger partial charge >= 0.3 is 12.1 Å². The highest BCUT2D eigenvalue weighted by Gasteiger charge is 2.30. The van der Waals surface area contributed by atoms with E-state index < -0.39 is 18.1 Å².